The van der Waals surface area contributed by atoms with Gasteiger partial charge in [0.05, 0.1) is 5.69 Å². The smallest absolute Gasteiger partial charge is 0.358 e. The molecule has 8 nitrogen and oxygen atoms in total. The molecule has 3 heterocycles. The Bertz CT molecular complexity index is 1300. The summed E-state index contributed by atoms with van der Waals surface area (Å²) in [6.45, 7) is 1.64. The summed E-state index contributed by atoms with van der Waals surface area (Å²) in [5.74, 6) is -1.85. The number of H-pyrrole nitrogens is 1. The van der Waals surface area contributed by atoms with Gasteiger partial charge in [0.2, 0.25) is 0 Å². The average Bonchev–Trinajstić information content (AvgIpc) is 2.98. The fourth-order valence-corrected chi connectivity index (χ4v) is 2.96. The summed E-state index contributed by atoms with van der Waals surface area (Å²) in [6.07, 6.45) is 1.23. The Kier molecular flexibility index (Phi) is 3.95. The monoisotopic (exact) mass is 383 g/mol. The first-order valence-electron chi connectivity index (χ1n) is 8.04. The molecule has 1 N–H and O–H groups in total. The van der Waals surface area contributed by atoms with Crippen LogP contribution in [-0.4, -0.2) is 24.5 Å². The predicted octanol–water partition coefficient (Wildman–Crippen LogP) is 3.25. The Morgan fingerprint density at radius 3 is 2.61 bits per heavy atom. The van der Waals surface area contributed by atoms with Crippen molar-refractivity contribution in [1.29, 1.82) is 0 Å². The van der Waals surface area contributed by atoms with Crippen LogP contribution in [0.5, 0.6) is 0 Å². The number of nitro groups is 1. The van der Waals surface area contributed by atoms with Crippen molar-refractivity contribution in [2.75, 3.05) is 0 Å². The molecule has 0 saturated carbocycles. The van der Waals surface area contributed by atoms with Gasteiger partial charge in [-0.25, -0.2) is 18.3 Å². The van der Waals surface area contributed by atoms with Crippen molar-refractivity contribution in [2.24, 2.45) is 0 Å². The topological polar surface area (TPSA) is 106 Å². The molecule has 0 amide bonds. The molecule has 0 aliphatic rings. The Hall–Kier alpha value is -3.95. The van der Waals surface area contributed by atoms with Gasteiger partial charge < -0.3 is 10.1 Å². The van der Waals surface area contributed by atoms with Gasteiger partial charge in [0.1, 0.15) is 17.8 Å². The van der Waals surface area contributed by atoms with Crippen molar-refractivity contribution >= 4 is 11.5 Å². The molecule has 0 saturated heterocycles. The third-order valence-corrected chi connectivity index (χ3v) is 4.23. The third kappa shape index (κ3) is 2.80. The fraction of sp³-hybridized carbons (Fsp3) is 0.0556. The highest BCUT2D eigenvalue weighted by Gasteiger charge is 2.19. The molecule has 28 heavy (non-hydrogen) atoms. The molecule has 4 aromatic rings. The molecule has 0 atom stereocenters. The lowest BCUT2D eigenvalue weighted by Crippen LogP contribution is -2.14. The second-order valence-corrected chi connectivity index (χ2v) is 6.04. The molecule has 0 spiro atoms. The molecular formula is C18H11F2N5O3. The van der Waals surface area contributed by atoms with Crippen molar-refractivity contribution in [3.05, 3.63) is 80.4 Å². The minimum Gasteiger partial charge on any atom is -0.358 e. The Labute approximate surface area is 155 Å². The van der Waals surface area contributed by atoms with Gasteiger partial charge in [0, 0.05) is 40.6 Å². The number of hydrogen-bond acceptors (Lipinski definition) is 5. The Morgan fingerprint density at radius 1 is 1.18 bits per heavy atom. The number of aromatic amines is 1. The lowest BCUT2D eigenvalue weighted by Gasteiger charge is -2.04. The van der Waals surface area contributed by atoms with Gasteiger partial charge in [0.15, 0.2) is 5.65 Å². The van der Waals surface area contributed by atoms with E-state index in [9.17, 15) is 23.7 Å². The molecule has 140 valence electrons. The van der Waals surface area contributed by atoms with Crippen LogP contribution in [-0.2, 0) is 0 Å². The summed E-state index contributed by atoms with van der Waals surface area (Å²) < 4.78 is 28.7. The van der Waals surface area contributed by atoms with Crippen LogP contribution >= 0.6 is 0 Å². The van der Waals surface area contributed by atoms with E-state index >= 15 is 0 Å². The van der Waals surface area contributed by atoms with Crippen LogP contribution in [0.1, 0.15) is 5.69 Å². The normalized spacial score (nSPS) is 11.1. The third-order valence-electron chi connectivity index (χ3n) is 4.23. The molecule has 0 radical (unpaired) electrons. The van der Waals surface area contributed by atoms with Crippen molar-refractivity contribution in [2.45, 2.75) is 6.92 Å². The quantitative estimate of drug-likeness (QED) is 0.432. The maximum Gasteiger partial charge on any atom is 0.363 e. The van der Waals surface area contributed by atoms with E-state index in [1.165, 1.54) is 30.5 Å². The number of rotatable bonds is 3. The number of fused-ring (bicyclic) bond motifs is 1. The van der Waals surface area contributed by atoms with E-state index in [0.29, 0.717) is 16.8 Å². The van der Waals surface area contributed by atoms with Gasteiger partial charge in [-0.1, -0.05) is 0 Å². The minimum atomic E-state index is -0.791. The summed E-state index contributed by atoms with van der Waals surface area (Å²) in [6, 6.07) is 6.98. The Morgan fingerprint density at radius 2 is 1.96 bits per heavy atom. The van der Waals surface area contributed by atoms with Crippen LogP contribution in [0.3, 0.4) is 0 Å². The summed E-state index contributed by atoms with van der Waals surface area (Å²) in [7, 11) is 0. The molecule has 1 aromatic carbocycles. The van der Waals surface area contributed by atoms with Gasteiger partial charge in [-0.05, 0) is 35.0 Å². The number of aryl methyl sites for hydroxylation is 1. The van der Waals surface area contributed by atoms with Crippen LogP contribution in [0.2, 0.25) is 0 Å². The number of hydrogen-bond donors (Lipinski definition) is 1. The van der Waals surface area contributed by atoms with Gasteiger partial charge in [-0.3, -0.25) is 9.89 Å². The van der Waals surface area contributed by atoms with Crippen LogP contribution < -0.4 is 5.56 Å². The highest BCUT2D eigenvalue weighted by Crippen LogP contribution is 2.30. The van der Waals surface area contributed by atoms with E-state index in [1.807, 2.05) is 0 Å². The first-order chi connectivity index (χ1) is 13.3. The summed E-state index contributed by atoms with van der Waals surface area (Å²) in [5.41, 5.74) is 1.15. The van der Waals surface area contributed by atoms with E-state index in [4.69, 9.17) is 0 Å². The summed E-state index contributed by atoms with van der Waals surface area (Å²) >= 11 is 0. The maximum absolute atomic E-state index is 14.3. The largest absolute Gasteiger partial charge is 0.363 e. The molecule has 4 rings (SSSR count). The summed E-state index contributed by atoms with van der Waals surface area (Å²) in [5, 5.41) is 13.6. The van der Waals surface area contributed by atoms with Gasteiger partial charge >= 0.3 is 5.82 Å². The molecule has 0 bridgehead atoms. The zero-order valence-corrected chi connectivity index (χ0v) is 14.3. The van der Waals surface area contributed by atoms with Gasteiger partial charge in [-0.15, -0.1) is 0 Å². The lowest BCUT2D eigenvalue weighted by atomic mass is 10.1. The van der Waals surface area contributed by atoms with E-state index in [1.54, 1.807) is 6.92 Å². The molecule has 0 unspecified atom stereocenters. The fourth-order valence-electron chi connectivity index (χ4n) is 2.96. The number of benzene rings is 1. The van der Waals surface area contributed by atoms with E-state index in [-0.39, 0.29) is 22.7 Å². The molecule has 0 fully saturated rings. The number of nitrogens with one attached hydrogen (secondary N) is 1. The van der Waals surface area contributed by atoms with E-state index < -0.39 is 22.1 Å². The van der Waals surface area contributed by atoms with Crippen molar-refractivity contribution in [1.82, 2.24) is 19.6 Å². The molecule has 0 aliphatic carbocycles. The van der Waals surface area contributed by atoms with Crippen LogP contribution in [0.4, 0.5) is 14.6 Å². The highest BCUT2D eigenvalue weighted by molar-refractivity contribution is 5.81. The number of aromatic nitrogens is 4. The number of halogens is 2. The number of pyridine rings is 1. The van der Waals surface area contributed by atoms with Crippen LogP contribution in [0, 0.1) is 28.7 Å². The van der Waals surface area contributed by atoms with E-state index in [0.717, 1.165) is 16.6 Å². The Balaban J connectivity index is 1.95. The van der Waals surface area contributed by atoms with Gasteiger partial charge in [-0.2, -0.15) is 0 Å². The average molecular weight is 383 g/mol. The van der Waals surface area contributed by atoms with Gasteiger partial charge in [0.25, 0.3) is 5.56 Å². The highest BCUT2D eigenvalue weighted by atomic mass is 19.1. The first-order valence-corrected chi connectivity index (χ1v) is 8.04. The second-order valence-electron chi connectivity index (χ2n) is 6.04. The number of nitrogens with zero attached hydrogens (tertiary/aromatic N) is 4. The van der Waals surface area contributed by atoms with Crippen LogP contribution in [0.25, 0.3) is 28.0 Å². The molecule has 3 aromatic heterocycles. The molecular weight excluding hydrogens is 372 g/mol. The SMILES string of the molecule is Cc1[nH]n2c(=O)cc(-c3ccc([N+](=O)[O-])nc3)nc2c1-c1ccc(F)cc1F. The van der Waals surface area contributed by atoms with Crippen LogP contribution in [0.15, 0.2) is 47.4 Å². The van der Waals surface area contributed by atoms with Crippen molar-refractivity contribution < 1.29 is 13.7 Å². The molecule has 10 heteroatoms. The van der Waals surface area contributed by atoms with Crippen molar-refractivity contribution in [3.8, 4) is 22.4 Å². The zero-order chi connectivity index (χ0) is 20.0. The van der Waals surface area contributed by atoms with E-state index in [2.05, 4.69) is 15.1 Å². The zero-order valence-electron chi connectivity index (χ0n) is 14.3. The molecule has 0 aliphatic heterocycles. The minimum absolute atomic E-state index is 0.0866. The predicted molar refractivity (Wildman–Crippen MR) is 95.8 cm³/mol. The second kappa shape index (κ2) is 6.34. The lowest BCUT2D eigenvalue weighted by molar-refractivity contribution is -0.389. The standard InChI is InChI=1S/C18H11F2N5O3/c1-9-17(12-4-3-11(19)6-13(12)20)18-22-14(7-16(26)24(18)23-9)10-2-5-15(21-8-10)25(27)28/h2-8,23H,1H3. The maximum atomic E-state index is 14.3. The summed E-state index contributed by atoms with van der Waals surface area (Å²) in [4.78, 5) is 30.7. The first kappa shape index (κ1) is 17.5. The van der Waals surface area contributed by atoms with Crippen molar-refractivity contribution in [3.63, 3.8) is 0 Å².